The lowest BCUT2D eigenvalue weighted by Gasteiger charge is -2.16. The van der Waals surface area contributed by atoms with E-state index in [9.17, 15) is 4.79 Å². The first-order valence-corrected chi connectivity index (χ1v) is 6.19. The monoisotopic (exact) mass is 213 g/mol. The fourth-order valence-electron chi connectivity index (χ4n) is 2.15. The molecule has 0 bridgehead atoms. The number of aliphatic hydroxyl groups excluding tert-OH is 1. The van der Waals surface area contributed by atoms with Crippen molar-refractivity contribution < 1.29 is 9.90 Å². The summed E-state index contributed by atoms with van der Waals surface area (Å²) in [4.78, 5) is 11.0. The van der Waals surface area contributed by atoms with Crippen LogP contribution in [-0.2, 0) is 4.79 Å². The van der Waals surface area contributed by atoms with Crippen molar-refractivity contribution in [2.75, 3.05) is 13.2 Å². The number of hydrogen-bond donors (Lipinski definition) is 2. The Morgan fingerprint density at radius 1 is 1.07 bits per heavy atom. The molecular weight excluding hydrogens is 190 g/mol. The van der Waals surface area contributed by atoms with Crippen LogP contribution < -0.4 is 5.32 Å². The molecule has 1 saturated carbocycles. The number of Topliss-reactive ketones (excluding diaryl/α,β-unsaturated/α-hetero) is 1. The summed E-state index contributed by atoms with van der Waals surface area (Å²) in [6.45, 7) is 0.000880. The van der Waals surface area contributed by atoms with E-state index in [1.807, 2.05) is 0 Å². The van der Waals surface area contributed by atoms with Crippen LogP contribution in [-0.4, -0.2) is 30.1 Å². The van der Waals surface area contributed by atoms with Gasteiger partial charge in [0.2, 0.25) is 0 Å². The number of rotatable bonds is 4. The Hall–Kier alpha value is -0.410. The molecule has 2 N–H and O–H groups in total. The van der Waals surface area contributed by atoms with Crippen molar-refractivity contribution in [3.05, 3.63) is 0 Å². The zero-order valence-corrected chi connectivity index (χ0v) is 9.50. The lowest BCUT2D eigenvalue weighted by Crippen LogP contribution is -2.34. The lowest BCUT2D eigenvalue weighted by atomic mass is 10.1. The van der Waals surface area contributed by atoms with Crippen LogP contribution in [0.25, 0.3) is 0 Å². The van der Waals surface area contributed by atoms with Crippen LogP contribution >= 0.6 is 0 Å². The Bertz CT molecular complexity index is 172. The minimum atomic E-state index is -0.334. The summed E-state index contributed by atoms with van der Waals surface area (Å²) in [5, 5.41) is 11.9. The molecule has 15 heavy (non-hydrogen) atoms. The van der Waals surface area contributed by atoms with Gasteiger partial charge in [-0.15, -0.1) is 0 Å². The summed E-state index contributed by atoms with van der Waals surface area (Å²) in [6, 6.07) is 0.485. The van der Waals surface area contributed by atoms with Crippen LogP contribution in [0.1, 0.15) is 51.4 Å². The number of carbonyl (C=O) groups is 1. The third-order valence-corrected chi connectivity index (χ3v) is 3.12. The molecule has 0 heterocycles. The molecule has 0 radical (unpaired) electrons. The first-order chi connectivity index (χ1) is 7.33. The maximum Gasteiger partial charge on any atom is 0.171 e. The second-order valence-corrected chi connectivity index (χ2v) is 4.47. The number of aliphatic hydroxyl groups is 1. The minimum absolute atomic E-state index is 0.102. The predicted molar refractivity (Wildman–Crippen MR) is 60.8 cm³/mol. The largest absolute Gasteiger partial charge is 0.389 e. The maximum atomic E-state index is 11.0. The summed E-state index contributed by atoms with van der Waals surface area (Å²) in [7, 11) is 0. The Morgan fingerprint density at radius 2 is 1.60 bits per heavy atom. The van der Waals surface area contributed by atoms with Crippen molar-refractivity contribution >= 4 is 5.78 Å². The zero-order chi connectivity index (χ0) is 10.9. The molecule has 1 aliphatic rings. The van der Waals surface area contributed by atoms with E-state index in [4.69, 9.17) is 5.11 Å². The standard InChI is InChI=1S/C12H23NO2/c14-10-12(15)9-13-11-7-5-3-1-2-4-6-8-11/h11,13-14H,1-10H2. The predicted octanol–water partition coefficient (Wildman–Crippen LogP) is 1.64. The molecule has 0 aromatic heterocycles. The minimum Gasteiger partial charge on any atom is -0.389 e. The van der Waals surface area contributed by atoms with E-state index in [1.54, 1.807) is 0 Å². The average Bonchev–Trinajstić information content (AvgIpc) is 2.39. The molecule has 0 atom stereocenters. The number of nitrogens with one attached hydrogen (secondary N) is 1. The van der Waals surface area contributed by atoms with E-state index < -0.39 is 0 Å². The van der Waals surface area contributed by atoms with Crippen molar-refractivity contribution in [3.63, 3.8) is 0 Å². The Kier molecular flexibility index (Phi) is 6.60. The van der Waals surface area contributed by atoms with Gasteiger partial charge < -0.3 is 10.4 Å². The first-order valence-electron chi connectivity index (χ1n) is 6.19. The highest BCUT2D eigenvalue weighted by Gasteiger charge is 2.11. The fourth-order valence-corrected chi connectivity index (χ4v) is 2.15. The number of ketones is 1. The maximum absolute atomic E-state index is 11.0. The van der Waals surface area contributed by atoms with Gasteiger partial charge in [-0.3, -0.25) is 4.79 Å². The zero-order valence-electron chi connectivity index (χ0n) is 9.50. The third-order valence-electron chi connectivity index (χ3n) is 3.12. The van der Waals surface area contributed by atoms with Crippen molar-refractivity contribution in [1.82, 2.24) is 5.32 Å². The summed E-state index contributed by atoms with van der Waals surface area (Å²) in [5.74, 6) is -0.102. The van der Waals surface area contributed by atoms with Crippen molar-refractivity contribution in [3.8, 4) is 0 Å². The van der Waals surface area contributed by atoms with E-state index in [2.05, 4.69) is 5.32 Å². The molecule has 3 nitrogen and oxygen atoms in total. The second kappa shape index (κ2) is 7.83. The summed E-state index contributed by atoms with van der Waals surface area (Å²) < 4.78 is 0. The molecule has 1 rings (SSSR count). The van der Waals surface area contributed by atoms with Gasteiger partial charge in [0.15, 0.2) is 5.78 Å². The first kappa shape index (κ1) is 12.7. The van der Waals surface area contributed by atoms with E-state index in [0.29, 0.717) is 12.6 Å². The van der Waals surface area contributed by atoms with Gasteiger partial charge in [0.1, 0.15) is 6.61 Å². The normalized spacial score (nSPS) is 20.3. The summed E-state index contributed by atoms with van der Waals surface area (Å²) in [5.41, 5.74) is 0. The molecule has 1 fully saturated rings. The van der Waals surface area contributed by atoms with Crippen molar-refractivity contribution in [2.45, 2.75) is 57.4 Å². The van der Waals surface area contributed by atoms with Crippen LogP contribution in [0.15, 0.2) is 0 Å². The molecule has 88 valence electrons. The van der Waals surface area contributed by atoms with Crippen molar-refractivity contribution in [2.24, 2.45) is 0 Å². The van der Waals surface area contributed by atoms with Gasteiger partial charge in [0.05, 0.1) is 6.54 Å². The highest BCUT2D eigenvalue weighted by atomic mass is 16.3. The molecule has 0 aromatic carbocycles. The molecule has 0 aliphatic heterocycles. The fraction of sp³-hybridized carbons (Fsp3) is 0.917. The molecule has 0 amide bonds. The molecule has 0 spiro atoms. The van der Waals surface area contributed by atoms with Crippen LogP contribution in [0.4, 0.5) is 0 Å². The van der Waals surface area contributed by atoms with Crippen LogP contribution in [0.2, 0.25) is 0 Å². The van der Waals surface area contributed by atoms with Crippen molar-refractivity contribution in [1.29, 1.82) is 0 Å². The molecule has 0 saturated heterocycles. The van der Waals surface area contributed by atoms with E-state index in [-0.39, 0.29) is 12.4 Å². The van der Waals surface area contributed by atoms with E-state index in [1.165, 1.54) is 51.4 Å². The lowest BCUT2D eigenvalue weighted by molar-refractivity contribution is -0.121. The van der Waals surface area contributed by atoms with Gasteiger partial charge in [-0.25, -0.2) is 0 Å². The SMILES string of the molecule is O=C(CO)CNC1CCCCCCCC1. The van der Waals surface area contributed by atoms with Gasteiger partial charge in [0, 0.05) is 6.04 Å². The number of carbonyl (C=O) groups excluding carboxylic acids is 1. The van der Waals surface area contributed by atoms with Gasteiger partial charge in [-0.05, 0) is 12.8 Å². The van der Waals surface area contributed by atoms with Gasteiger partial charge >= 0.3 is 0 Å². The Labute approximate surface area is 92.3 Å². The second-order valence-electron chi connectivity index (χ2n) is 4.47. The van der Waals surface area contributed by atoms with E-state index >= 15 is 0 Å². The third kappa shape index (κ3) is 5.90. The highest BCUT2D eigenvalue weighted by Crippen LogP contribution is 2.16. The summed E-state index contributed by atoms with van der Waals surface area (Å²) in [6.07, 6.45) is 10.3. The highest BCUT2D eigenvalue weighted by molar-refractivity contribution is 5.81. The Balaban J connectivity index is 2.21. The van der Waals surface area contributed by atoms with E-state index in [0.717, 1.165) is 0 Å². The molecule has 0 aromatic rings. The molecular formula is C12H23NO2. The smallest absolute Gasteiger partial charge is 0.171 e. The topological polar surface area (TPSA) is 49.3 Å². The van der Waals surface area contributed by atoms with Gasteiger partial charge in [-0.1, -0.05) is 38.5 Å². The average molecular weight is 213 g/mol. The van der Waals surface area contributed by atoms with Gasteiger partial charge in [0.25, 0.3) is 0 Å². The Morgan fingerprint density at radius 3 is 2.13 bits per heavy atom. The van der Waals surface area contributed by atoms with Gasteiger partial charge in [-0.2, -0.15) is 0 Å². The number of hydrogen-bond acceptors (Lipinski definition) is 3. The molecule has 0 unspecified atom stereocenters. The van der Waals surface area contributed by atoms with Crippen LogP contribution in [0, 0.1) is 0 Å². The molecule has 1 aliphatic carbocycles. The summed E-state index contributed by atoms with van der Waals surface area (Å²) >= 11 is 0. The molecule has 3 heteroatoms. The van der Waals surface area contributed by atoms with Crippen LogP contribution in [0.3, 0.4) is 0 Å². The quantitative estimate of drug-likeness (QED) is 0.746. The van der Waals surface area contributed by atoms with Crippen LogP contribution in [0.5, 0.6) is 0 Å².